The van der Waals surface area contributed by atoms with E-state index in [2.05, 4.69) is 31.9 Å². The second-order valence-electron chi connectivity index (χ2n) is 4.80. The summed E-state index contributed by atoms with van der Waals surface area (Å²) in [4.78, 5) is 35.4. The number of carbonyl (C=O) groups is 3. The van der Waals surface area contributed by atoms with E-state index in [1.165, 1.54) is 26.0 Å². The molecule has 2 rings (SSSR count). The van der Waals surface area contributed by atoms with Crippen LogP contribution in [-0.4, -0.2) is 17.7 Å². The highest BCUT2D eigenvalue weighted by atomic mass is 79.9. The molecular weight excluding hydrogens is 444 g/mol. The first-order chi connectivity index (χ1) is 11.3. The summed E-state index contributed by atoms with van der Waals surface area (Å²) in [5.41, 5.74) is 0.345. The molecule has 0 N–H and O–H groups in total. The molecule has 0 saturated heterocycles. The summed E-state index contributed by atoms with van der Waals surface area (Å²) in [5.74, 6) is -1.26. The van der Waals surface area contributed by atoms with Crippen molar-refractivity contribution >= 4 is 49.6 Å². The highest BCUT2D eigenvalue weighted by molar-refractivity contribution is 9.10. The second-order valence-corrected chi connectivity index (χ2v) is 6.63. The molecule has 0 spiro atoms. The number of ketones is 1. The molecule has 0 heterocycles. The lowest BCUT2D eigenvalue weighted by Gasteiger charge is -2.12. The lowest BCUT2D eigenvalue weighted by Crippen LogP contribution is -2.11. The Morgan fingerprint density at radius 2 is 1.12 bits per heavy atom. The predicted molar refractivity (Wildman–Crippen MR) is 94.3 cm³/mol. The molecule has 0 saturated carbocycles. The lowest BCUT2D eigenvalue weighted by molar-refractivity contribution is -0.132. The minimum Gasteiger partial charge on any atom is -0.426 e. The van der Waals surface area contributed by atoms with Crippen LogP contribution in [0.1, 0.15) is 29.8 Å². The third-order valence-electron chi connectivity index (χ3n) is 2.88. The van der Waals surface area contributed by atoms with Gasteiger partial charge in [0.05, 0.1) is 11.1 Å². The zero-order valence-corrected chi connectivity index (χ0v) is 15.9. The van der Waals surface area contributed by atoms with Crippen molar-refractivity contribution in [3.8, 4) is 11.5 Å². The summed E-state index contributed by atoms with van der Waals surface area (Å²) in [6.07, 6.45) is 0. The number of benzene rings is 2. The van der Waals surface area contributed by atoms with Gasteiger partial charge in [-0.25, -0.2) is 0 Å². The van der Waals surface area contributed by atoms with Crippen LogP contribution in [0.2, 0.25) is 0 Å². The van der Waals surface area contributed by atoms with Crippen LogP contribution in [0.5, 0.6) is 11.5 Å². The van der Waals surface area contributed by atoms with E-state index in [9.17, 15) is 14.4 Å². The zero-order chi connectivity index (χ0) is 17.9. The largest absolute Gasteiger partial charge is 0.426 e. The number of carbonyl (C=O) groups excluding carboxylic acids is 3. The van der Waals surface area contributed by atoms with Gasteiger partial charge in [-0.2, -0.15) is 0 Å². The van der Waals surface area contributed by atoms with E-state index in [0.29, 0.717) is 8.95 Å². The van der Waals surface area contributed by atoms with Gasteiger partial charge in [0.25, 0.3) is 0 Å². The Bertz CT molecular complexity index is 762. The van der Waals surface area contributed by atoms with Crippen LogP contribution in [0.4, 0.5) is 0 Å². The maximum Gasteiger partial charge on any atom is 0.308 e. The molecule has 5 nitrogen and oxygen atoms in total. The molecular formula is C17H12Br2O5. The summed E-state index contributed by atoms with van der Waals surface area (Å²) >= 11 is 6.58. The molecule has 7 heteroatoms. The molecule has 0 radical (unpaired) electrons. The average molecular weight is 456 g/mol. The number of halogens is 2. The molecule has 0 amide bonds. The van der Waals surface area contributed by atoms with Crippen LogP contribution in [0.15, 0.2) is 45.3 Å². The van der Waals surface area contributed by atoms with Crippen molar-refractivity contribution < 1.29 is 23.9 Å². The van der Waals surface area contributed by atoms with Crippen molar-refractivity contribution in [1.29, 1.82) is 0 Å². The van der Waals surface area contributed by atoms with Crippen LogP contribution in [-0.2, 0) is 9.59 Å². The van der Waals surface area contributed by atoms with Crippen LogP contribution >= 0.6 is 31.9 Å². The average Bonchev–Trinajstić information content (AvgIpc) is 2.49. The summed E-state index contributed by atoms with van der Waals surface area (Å²) in [5, 5.41) is 0. The maximum absolute atomic E-state index is 12.9. The van der Waals surface area contributed by atoms with E-state index in [-0.39, 0.29) is 22.6 Å². The fourth-order valence-corrected chi connectivity index (χ4v) is 2.71. The van der Waals surface area contributed by atoms with Gasteiger partial charge in [0.15, 0.2) is 0 Å². The molecule has 2 aromatic carbocycles. The Morgan fingerprint density at radius 3 is 1.46 bits per heavy atom. The Hall–Kier alpha value is -1.99. The summed E-state index contributed by atoms with van der Waals surface area (Å²) in [7, 11) is 0. The normalized spacial score (nSPS) is 10.2. The molecule has 0 aliphatic carbocycles. The van der Waals surface area contributed by atoms with Crippen molar-refractivity contribution in [3.63, 3.8) is 0 Å². The quantitative estimate of drug-likeness (QED) is 0.390. The van der Waals surface area contributed by atoms with Crippen molar-refractivity contribution in [2.75, 3.05) is 0 Å². The number of esters is 2. The highest BCUT2D eigenvalue weighted by Gasteiger charge is 2.21. The Balaban J connectivity index is 2.56. The van der Waals surface area contributed by atoms with Gasteiger partial charge >= 0.3 is 11.9 Å². The third kappa shape index (κ3) is 4.52. The first-order valence-electron chi connectivity index (χ1n) is 6.78. The van der Waals surface area contributed by atoms with Crippen LogP contribution in [0, 0.1) is 0 Å². The lowest BCUT2D eigenvalue weighted by atomic mass is 10.0. The number of rotatable bonds is 4. The SMILES string of the molecule is CC(=O)Oc1ccc(Br)cc1C(=O)c1cc(Br)ccc1OC(C)=O. The van der Waals surface area contributed by atoms with E-state index in [4.69, 9.17) is 9.47 Å². The molecule has 0 atom stereocenters. The molecule has 0 unspecified atom stereocenters. The monoisotopic (exact) mass is 454 g/mol. The number of hydrogen-bond acceptors (Lipinski definition) is 5. The summed E-state index contributed by atoms with van der Waals surface area (Å²) in [6, 6.07) is 9.43. The summed E-state index contributed by atoms with van der Waals surface area (Å²) < 4.78 is 11.5. The van der Waals surface area contributed by atoms with Gasteiger partial charge in [-0.1, -0.05) is 31.9 Å². The van der Waals surface area contributed by atoms with E-state index in [0.717, 1.165) is 0 Å². The zero-order valence-electron chi connectivity index (χ0n) is 12.8. The number of ether oxygens (including phenoxy) is 2. The Morgan fingerprint density at radius 1 is 0.750 bits per heavy atom. The fraction of sp³-hybridized carbons (Fsp3) is 0.118. The molecule has 24 heavy (non-hydrogen) atoms. The minimum absolute atomic E-state index is 0.129. The van der Waals surface area contributed by atoms with Crippen molar-refractivity contribution in [2.45, 2.75) is 13.8 Å². The smallest absolute Gasteiger partial charge is 0.308 e. The van der Waals surface area contributed by atoms with E-state index in [1.54, 1.807) is 24.3 Å². The van der Waals surface area contributed by atoms with Gasteiger partial charge in [-0.15, -0.1) is 0 Å². The van der Waals surface area contributed by atoms with Crippen molar-refractivity contribution in [2.24, 2.45) is 0 Å². The third-order valence-corrected chi connectivity index (χ3v) is 3.87. The van der Waals surface area contributed by atoms with Crippen LogP contribution in [0.3, 0.4) is 0 Å². The molecule has 0 fully saturated rings. The van der Waals surface area contributed by atoms with Gasteiger partial charge in [0.1, 0.15) is 11.5 Å². The topological polar surface area (TPSA) is 69.7 Å². The second kappa shape index (κ2) is 7.72. The van der Waals surface area contributed by atoms with E-state index >= 15 is 0 Å². The van der Waals surface area contributed by atoms with Gasteiger partial charge in [-0.3, -0.25) is 14.4 Å². The molecule has 124 valence electrons. The van der Waals surface area contributed by atoms with Gasteiger partial charge in [0, 0.05) is 22.8 Å². The molecule has 0 bridgehead atoms. The number of hydrogen-bond donors (Lipinski definition) is 0. The molecule has 0 aliphatic rings. The van der Waals surface area contributed by atoms with E-state index < -0.39 is 17.7 Å². The standard InChI is InChI=1S/C17H12Br2O5/c1-9(20)23-15-5-3-11(18)7-13(15)17(22)14-8-12(19)4-6-16(14)24-10(2)21/h3-8H,1-2H3. The van der Waals surface area contributed by atoms with Gasteiger partial charge < -0.3 is 9.47 Å². The van der Waals surface area contributed by atoms with Gasteiger partial charge in [-0.05, 0) is 36.4 Å². The fourth-order valence-electron chi connectivity index (χ4n) is 1.99. The first-order valence-corrected chi connectivity index (χ1v) is 8.37. The molecule has 0 aliphatic heterocycles. The Kier molecular flexibility index (Phi) is 5.90. The van der Waals surface area contributed by atoms with Crippen LogP contribution < -0.4 is 9.47 Å². The van der Waals surface area contributed by atoms with Crippen LogP contribution in [0.25, 0.3) is 0 Å². The van der Waals surface area contributed by atoms with Crippen molar-refractivity contribution in [1.82, 2.24) is 0 Å². The summed E-state index contributed by atoms with van der Waals surface area (Å²) in [6.45, 7) is 2.50. The minimum atomic E-state index is -0.541. The van der Waals surface area contributed by atoms with E-state index in [1.807, 2.05) is 0 Å². The van der Waals surface area contributed by atoms with Gasteiger partial charge in [0.2, 0.25) is 5.78 Å². The predicted octanol–water partition coefficient (Wildman–Crippen LogP) is 4.29. The maximum atomic E-state index is 12.9. The van der Waals surface area contributed by atoms with Crippen molar-refractivity contribution in [3.05, 3.63) is 56.5 Å². The molecule has 2 aromatic rings. The highest BCUT2D eigenvalue weighted by Crippen LogP contribution is 2.31. The Labute approximate surface area is 155 Å². The first kappa shape index (κ1) is 18.4. The molecule has 0 aromatic heterocycles.